The SMILES string of the molecule is C=CCOC(=O)c1nnn(CC(=O)NCCCOC)c1C. The summed E-state index contributed by atoms with van der Waals surface area (Å²) in [4.78, 5) is 23.4. The van der Waals surface area contributed by atoms with E-state index in [4.69, 9.17) is 9.47 Å². The molecule has 0 aliphatic carbocycles. The molecule has 1 aromatic heterocycles. The van der Waals surface area contributed by atoms with Crippen LogP contribution in [0.15, 0.2) is 12.7 Å². The van der Waals surface area contributed by atoms with Gasteiger partial charge in [-0.05, 0) is 13.3 Å². The number of ether oxygens (including phenoxy) is 2. The summed E-state index contributed by atoms with van der Waals surface area (Å²) in [5, 5.41) is 10.2. The Hall–Kier alpha value is -2.22. The number of amides is 1. The maximum atomic E-state index is 11.7. The van der Waals surface area contributed by atoms with Crippen molar-refractivity contribution in [3.05, 3.63) is 24.0 Å². The van der Waals surface area contributed by atoms with E-state index >= 15 is 0 Å². The van der Waals surface area contributed by atoms with Crippen LogP contribution in [-0.4, -0.2) is 53.7 Å². The standard InChI is InChI=1S/C13H20N4O4/c1-4-7-21-13(19)12-10(2)17(16-15-12)9-11(18)14-6-5-8-20-3/h4H,1,5-9H2,2-3H3,(H,14,18). The summed E-state index contributed by atoms with van der Waals surface area (Å²) in [6.45, 7) is 6.32. The van der Waals surface area contributed by atoms with E-state index in [1.807, 2.05) is 0 Å². The van der Waals surface area contributed by atoms with Crippen molar-refractivity contribution in [1.82, 2.24) is 20.3 Å². The Bertz CT molecular complexity index is 498. The summed E-state index contributed by atoms with van der Waals surface area (Å²) in [7, 11) is 1.60. The highest BCUT2D eigenvalue weighted by atomic mass is 16.5. The fraction of sp³-hybridized carbons (Fsp3) is 0.538. The lowest BCUT2D eigenvalue weighted by atomic mass is 10.3. The molecule has 0 spiro atoms. The lowest BCUT2D eigenvalue weighted by Gasteiger charge is -2.06. The molecule has 1 N–H and O–H groups in total. The van der Waals surface area contributed by atoms with Crippen LogP contribution in [0.2, 0.25) is 0 Å². The van der Waals surface area contributed by atoms with Gasteiger partial charge in [-0.1, -0.05) is 17.9 Å². The van der Waals surface area contributed by atoms with Gasteiger partial charge in [0.25, 0.3) is 0 Å². The monoisotopic (exact) mass is 296 g/mol. The van der Waals surface area contributed by atoms with E-state index in [2.05, 4.69) is 22.2 Å². The summed E-state index contributed by atoms with van der Waals surface area (Å²) in [6.07, 6.45) is 2.20. The van der Waals surface area contributed by atoms with Gasteiger partial charge in [0.2, 0.25) is 5.91 Å². The number of rotatable bonds is 9. The quantitative estimate of drug-likeness (QED) is 0.394. The molecule has 116 valence electrons. The third kappa shape index (κ3) is 5.35. The lowest BCUT2D eigenvalue weighted by molar-refractivity contribution is -0.121. The van der Waals surface area contributed by atoms with E-state index in [-0.39, 0.29) is 24.8 Å². The topological polar surface area (TPSA) is 95.3 Å². The molecule has 8 heteroatoms. The zero-order valence-electron chi connectivity index (χ0n) is 12.3. The number of carbonyl (C=O) groups is 2. The molecular weight excluding hydrogens is 276 g/mol. The smallest absolute Gasteiger partial charge is 0.361 e. The maximum Gasteiger partial charge on any atom is 0.361 e. The van der Waals surface area contributed by atoms with Gasteiger partial charge in [-0.15, -0.1) is 5.10 Å². The predicted molar refractivity (Wildman–Crippen MR) is 74.7 cm³/mol. The molecule has 0 saturated heterocycles. The summed E-state index contributed by atoms with van der Waals surface area (Å²) in [5.74, 6) is -0.788. The fourth-order valence-electron chi connectivity index (χ4n) is 1.54. The van der Waals surface area contributed by atoms with Crippen LogP contribution in [0.1, 0.15) is 22.6 Å². The number of esters is 1. The van der Waals surface area contributed by atoms with Crippen LogP contribution in [0, 0.1) is 6.92 Å². The van der Waals surface area contributed by atoms with Gasteiger partial charge in [0.1, 0.15) is 13.2 Å². The van der Waals surface area contributed by atoms with E-state index in [1.54, 1.807) is 14.0 Å². The van der Waals surface area contributed by atoms with Crippen molar-refractivity contribution in [2.45, 2.75) is 19.9 Å². The van der Waals surface area contributed by atoms with Crippen molar-refractivity contribution in [3.63, 3.8) is 0 Å². The minimum absolute atomic E-state index is 0.000549. The zero-order valence-corrected chi connectivity index (χ0v) is 12.3. The maximum absolute atomic E-state index is 11.7. The first kappa shape index (κ1) is 16.8. The van der Waals surface area contributed by atoms with Crippen LogP contribution in [0.25, 0.3) is 0 Å². The molecule has 0 fully saturated rings. The van der Waals surface area contributed by atoms with Crippen molar-refractivity contribution in [2.75, 3.05) is 26.9 Å². The highest BCUT2D eigenvalue weighted by molar-refractivity contribution is 5.88. The molecule has 0 bridgehead atoms. The Morgan fingerprint density at radius 2 is 2.24 bits per heavy atom. The van der Waals surface area contributed by atoms with Crippen LogP contribution >= 0.6 is 0 Å². The molecule has 0 aliphatic heterocycles. The molecule has 1 aromatic rings. The Kier molecular flexibility index (Phi) is 7.10. The molecule has 1 rings (SSSR count). The molecule has 0 aromatic carbocycles. The molecule has 1 heterocycles. The van der Waals surface area contributed by atoms with E-state index in [9.17, 15) is 9.59 Å². The van der Waals surface area contributed by atoms with E-state index < -0.39 is 5.97 Å². The Morgan fingerprint density at radius 1 is 1.48 bits per heavy atom. The Morgan fingerprint density at radius 3 is 2.90 bits per heavy atom. The van der Waals surface area contributed by atoms with E-state index in [0.717, 1.165) is 6.42 Å². The van der Waals surface area contributed by atoms with Crippen LogP contribution in [-0.2, 0) is 20.8 Å². The minimum Gasteiger partial charge on any atom is -0.457 e. The molecule has 0 unspecified atom stereocenters. The first-order chi connectivity index (χ1) is 10.1. The Balaban J connectivity index is 2.53. The second kappa shape index (κ2) is 8.85. The summed E-state index contributed by atoms with van der Waals surface area (Å²) >= 11 is 0. The second-order valence-corrected chi connectivity index (χ2v) is 4.26. The number of methoxy groups -OCH3 is 1. The molecule has 1 amide bonds. The Labute approximate surface area is 123 Å². The van der Waals surface area contributed by atoms with Crippen molar-refractivity contribution in [2.24, 2.45) is 0 Å². The van der Waals surface area contributed by atoms with Crippen molar-refractivity contribution in [1.29, 1.82) is 0 Å². The van der Waals surface area contributed by atoms with Gasteiger partial charge in [0.15, 0.2) is 5.69 Å². The number of carbonyl (C=O) groups excluding carboxylic acids is 2. The first-order valence-corrected chi connectivity index (χ1v) is 6.54. The number of hydrogen-bond acceptors (Lipinski definition) is 6. The molecule has 0 aliphatic rings. The number of nitrogens with one attached hydrogen (secondary N) is 1. The van der Waals surface area contributed by atoms with Gasteiger partial charge in [0, 0.05) is 20.3 Å². The molecular formula is C13H20N4O4. The third-order valence-corrected chi connectivity index (χ3v) is 2.65. The van der Waals surface area contributed by atoms with Gasteiger partial charge in [-0.2, -0.15) is 0 Å². The van der Waals surface area contributed by atoms with Crippen molar-refractivity contribution < 1.29 is 19.1 Å². The van der Waals surface area contributed by atoms with Crippen LogP contribution in [0.4, 0.5) is 0 Å². The molecule has 0 atom stereocenters. The normalized spacial score (nSPS) is 10.2. The fourth-order valence-corrected chi connectivity index (χ4v) is 1.54. The van der Waals surface area contributed by atoms with Crippen molar-refractivity contribution >= 4 is 11.9 Å². The second-order valence-electron chi connectivity index (χ2n) is 4.26. The van der Waals surface area contributed by atoms with E-state index in [0.29, 0.717) is 18.8 Å². The molecule has 0 saturated carbocycles. The third-order valence-electron chi connectivity index (χ3n) is 2.65. The first-order valence-electron chi connectivity index (χ1n) is 6.54. The van der Waals surface area contributed by atoms with Gasteiger partial charge < -0.3 is 14.8 Å². The largest absolute Gasteiger partial charge is 0.457 e. The van der Waals surface area contributed by atoms with Gasteiger partial charge in [0.05, 0.1) is 5.69 Å². The molecule has 0 radical (unpaired) electrons. The summed E-state index contributed by atoms with van der Waals surface area (Å²) in [5.41, 5.74) is 0.583. The van der Waals surface area contributed by atoms with Gasteiger partial charge in [-0.25, -0.2) is 9.48 Å². The average molecular weight is 296 g/mol. The number of hydrogen-bond donors (Lipinski definition) is 1. The zero-order chi connectivity index (χ0) is 15.7. The average Bonchev–Trinajstić information content (AvgIpc) is 2.82. The number of aromatic nitrogens is 3. The van der Waals surface area contributed by atoms with Gasteiger partial charge >= 0.3 is 5.97 Å². The van der Waals surface area contributed by atoms with E-state index in [1.165, 1.54) is 10.8 Å². The lowest BCUT2D eigenvalue weighted by Crippen LogP contribution is -2.29. The van der Waals surface area contributed by atoms with Crippen LogP contribution in [0.3, 0.4) is 0 Å². The summed E-state index contributed by atoms with van der Waals surface area (Å²) < 4.78 is 11.1. The molecule has 21 heavy (non-hydrogen) atoms. The number of nitrogens with zero attached hydrogens (tertiary/aromatic N) is 3. The highest BCUT2D eigenvalue weighted by Gasteiger charge is 2.18. The highest BCUT2D eigenvalue weighted by Crippen LogP contribution is 2.05. The minimum atomic E-state index is -0.584. The van der Waals surface area contributed by atoms with Crippen LogP contribution < -0.4 is 5.32 Å². The van der Waals surface area contributed by atoms with Crippen molar-refractivity contribution in [3.8, 4) is 0 Å². The predicted octanol–water partition coefficient (Wildman–Crippen LogP) is 0.0820. The summed E-state index contributed by atoms with van der Waals surface area (Å²) in [6, 6.07) is 0. The molecule has 8 nitrogen and oxygen atoms in total. The van der Waals surface area contributed by atoms with Gasteiger partial charge in [-0.3, -0.25) is 4.79 Å². The van der Waals surface area contributed by atoms with Crippen LogP contribution in [0.5, 0.6) is 0 Å².